The van der Waals surface area contributed by atoms with Gasteiger partial charge in [0.1, 0.15) is 0 Å². The molecule has 2 rings (SSSR count). The molecule has 1 saturated heterocycles. The van der Waals surface area contributed by atoms with Crippen LogP contribution in [0.1, 0.15) is 47.9 Å². The van der Waals surface area contributed by atoms with E-state index in [-0.39, 0.29) is 12.7 Å². The SMILES string of the molecule is CCc1cc(C2CCN(CC(C)O)CC2)c(CCO)s1. The molecule has 0 amide bonds. The summed E-state index contributed by atoms with van der Waals surface area (Å²) in [5, 5.41) is 18.7. The maximum Gasteiger partial charge on any atom is 0.0639 e. The summed E-state index contributed by atoms with van der Waals surface area (Å²) in [6, 6.07) is 2.37. The lowest BCUT2D eigenvalue weighted by Gasteiger charge is -2.32. The standard InChI is InChI=1S/C16H27NO2S/c1-3-14-10-15(16(20-14)6-9-18)13-4-7-17(8-5-13)11-12(2)19/h10,12-13,18-19H,3-9,11H2,1-2H3. The van der Waals surface area contributed by atoms with Gasteiger partial charge in [0.25, 0.3) is 0 Å². The number of rotatable bonds is 6. The van der Waals surface area contributed by atoms with Crippen molar-refractivity contribution in [1.82, 2.24) is 4.90 Å². The lowest BCUT2D eigenvalue weighted by molar-refractivity contribution is 0.109. The molecular weight excluding hydrogens is 270 g/mol. The predicted octanol–water partition coefficient (Wildman–Crippen LogP) is 2.41. The summed E-state index contributed by atoms with van der Waals surface area (Å²) in [6.45, 7) is 7.25. The molecule has 1 aromatic heterocycles. The van der Waals surface area contributed by atoms with Gasteiger partial charge in [-0.1, -0.05) is 6.92 Å². The van der Waals surface area contributed by atoms with Crippen molar-refractivity contribution < 1.29 is 10.2 Å². The van der Waals surface area contributed by atoms with E-state index in [1.54, 1.807) is 0 Å². The average Bonchev–Trinajstić information content (AvgIpc) is 2.83. The molecule has 1 aliphatic rings. The van der Waals surface area contributed by atoms with Crippen molar-refractivity contribution in [2.45, 2.75) is 51.6 Å². The Balaban J connectivity index is 2.00. The smallest absolute Gasteiger partial charge is 0.0639 e. The molecule has 0 spiro atoms. The molecule has 114 valence electrons. The van der Waals surface area contributed by atoms with Gasteiger partial charge in [0.15, 0.2) is 0 Å². The predicted molar refractivity (Wildman–Crippen MR) is 84.6 cm³/mol. The summed E-state index contributed by atoms with van der Waals surface area (Å²) >= 11 is 1.88. The fraction of sp³-hybridized carbons (Fsp3) is 0.750. The number of aryl methyl sites for hydroxylation is 1. The van der Waals surface area contributed by atoms with Gasteiger partial charge in [-0.15, -0.1) is 11.3 Å². The van der Waals surface area contributed by atoms with E-state index in [1.165, 1.54) is 28.2 Å². The fourth-order valence-corrected chi connectivity index (χ4v) is 4.30. The Kier molecular flexibility index (Phi) is 6.02. The zero-order valence-corrected chi connectivity index (χ0v) is 13.5. The molecule has 1 aromatic rings. The average molecular weight is 297 g/mol. The summed E-state index contributed by atoms with van der Waals surface area (Å²) in [4.78, 5) is 5.19. The minimum Gasteiger partial charge on any atom is -0.396 e. The van der Waals surface area contributed by atoms with Gasteiger partial charge in [0.2, 0.25) is 0 Å². The van der Waals surface area contributed by atoms with Crippen LogP contribution in [0.3, 0.4) is 0 Å². The minimum absolute atomic E-state index is 0.232. The van der Waals surface area contributed by atoms with E-state index in [4.69, 9.17) is 0 Å². The number of β-amino-alcohol motifs (C(OH)–C–C–N with tert-alkyl or cyclic N) is 1. The first kappa shape index (κ1) is 16.0. The Hall–Kier alpha value is -0.420. The van der Waals surface area contributed by atoms with Crippen LogP contribution < -0.4 is 0 Å². The second kappa shape index (κ2) is 7.55. The number of thiophene rings is 1. The number of aliphatic hydroxyl groups is 2. The number of aliphatic hydroxyl groups excluding tert-OH is 2. The molecular formula is C16H27NO2S. The van der Waals surface area contributed by atoms with Gasteiger partial charge in [-0.2, -0.15) is 0 Å². The summed E-state index contributed by atoms with van der Waals surface area (Å²) in [5.74, 6) is 0.637. The van der Waals surface area contributed by atoms with Crippen molar-refractivity contribution in [2.24, 2.45) is 0 Å². The van der Waals surface area contributed by atoms with Gasteiger partial charge in [-0.05, 0) is 56.8 Å². The normalized spacial score (nSPS) is 19.4. The number of nitrogens with zero attached hydrogens (tertiary/aromatic N) is 1. The monoisotopic (exact) mass is 297 g/mol. The van der Waals surface area contributed by atoms with Gasteiger partial charge in [-0.25, -0.2) is 0 Å². The molecule has 0 saturated carbocycles. The van der Waals surface area contributed by atoms with E-state index in [1.807, 2.05) is 18.3 Å². The van der Waals surface area contributed by atoms with Gasteiger partial charge < -0.3 is 15.1 Å². The second-order valence-electron chi connectivity index (χ2n) is 5.84. The molecule has 1 atom stereocenters. The van der Waals surface area contributed by atoms with Gasteiger partial charge in [0.05, 0.1) is 6.10 Å². The van der Waals surface area contributed by atoms with Crippen molar-refractivity contribution >= 4 is 11.3 Å². The van der Waals surface area contributed by atoms with E-state index in [2.05, 4.69) is 17.9 Å². The van der Waals surface area contributed by atoms with E-state index in [0.717, 1.165) is 32.5 Å². The first-order chi connectivity index (χ1) is 9.63. The van der Waals surface area contributed by atoms with Gasteiger partial charge in [-0.3, -0.25) is 0 Å². The van der Waals surface area contributed by atoms with Crippen LogP contribution >= 0.6 is 11.3 Å². The molecule has 2 N–H and O–H groups in total. The Labute approximate surface area is 126 Å². The van der Waals surface area contributed by atoms with Crippen LogP contribution in [0, 0.1) is 0 Å². The molecule has 0 aliphatic carbocycles. The molecule has 20 heavy (non-hydrogen) atoms. The molecule has 2 heterocycles. The highest BCUT2D eigenvalue weighted by atomic mass is 32.1. The largest absolute Gasteiger partial charge is 0.396 e. The van der Waals surface area contributed by atoms with E-state index in [9.17, 15) is 10.2 Å². The molecule has 1 aliphatic heterocycles. The van der Waals surface area contributed by atoms with Crippen molar-refractivity contribution in [3.8, 4) is 0 Å². The van der Waals surface area contributed by atoms with Gasteiger partial charge in [0, 0.05) is 29.3 Å². The first-order valence-corrected chi connectivity index (χ1v) is 8.58. The molecule has 1 fully saturated rings. The highest BCUT2D eigenvalue weighted by molar-refractivity contribution is 7.12. The van der Waals surface area contributed by atoms with E-state index >= 15 is 0 Å². The highest BCUT2D eigenvalue weighted by Gasteiger charge is 2.24. The maximum absolute atomic E-state index is 9.47. The molecule has 1 unspecified atom stereocenters. The Morgan fingerprint density at radius 2 is 2.10 bits per heavy atom. The number of piperidine rings is 1. The number of hydrogen-bond donors (Lipinski definition) is 2. The third-order valence-electron chi connectivity index (χ3n) is 4.13. The third kappa shape index (κ3) is 4.04. The van der Waals surface area contributed by atoms with Crippen LogP contribution in [0.4, 0.5) is 0 Å². The quantitative estimate of drug-likeness (QED) is 0.847. The minimum atomic E-state index is -0.232. The van der Waals surface area contributed by atoms with Crippen LogP contribution in [0.25, 0.3) is 0 Å². The molecule has 0 bridgehead atoms. The maximum atomic E-state index is 9.47. The van der Waals surface area contributed by atoms with Crippen LogP contribution in [-0.2, 0) is 12.8 Å². The zero-order valence-electron chi connectivity index (χ0n) is 12.6. The second-order valence-corrected chi connectivity index (χ2v) is 7.06. The van der Waals surface area contributed by atoms with Crippen molar-refractivity contribution in [3.05, 3.63) is 21.4 Å². The summed E-state index contributed by atoms with van der Waals surface area (Å²) in [6.07, 6.45) is 4.00. The number of hydrogen-bond acceptors (Lipinski definition) is 4. The fourth-order valence-electron chi connectivity index (χ4n) is 3.12. The summed E-state index contributed by atoms with van der Waals surface area (Å²) < 4.78 is 0. The lowest BCUT2D eigenvalue weighted by Crippen LogP contribution is -2.37. The highest BCUT2D eigenvalue weighted by Crippen LogP contribution is 2.35. The van der Waals surface area contributed by atoms with Crippen LogP contribution in [0.5, 0.6) is 0 Å². The Morgan fingerprint density at radius 1 is 1.40 bits per heavy atom. The van der Waals surface area contributed by atoms with Crippen molar-refractivity contribution in [2.75, 3.05) is 26.2 Å². The summed E-state index contributed by atoms with van der Waals surface area (Å²) in [5.41, 5.74) is 1.48. The summed E-state index contributed by atoms with van der Waals surface area (Å²) in [7, 11) is 0. The molecule has 0 radical (unpaired) electrons. The first-order valence-electron chi connectivity index (χ1n) is 7.76. The topological polar surface area (TPSA) is 43.7 Å². The molecule has 3 nitrogen and oxygen atoms in total. The van der Waals surface area contributed by atoms with Gasteiger partial charge >= 0.3 is 0 Å². The van der Waals surface area contributed by atoms with Crippen molar-refractivity contribution in [1.29, 1.82) is 0 Å². The lowest BCUT2D eigenvalue weighted by atomic mass is 9.88. The Morgan fingerprint density at radius 3 is 2.65 bits per heavy atom. The third-order valence-corrected chi connectivity index (χ3v) is 5.48. The molecule has 4 heteroatoms. The van der Waals surface area contributed by atoms with Crippen LogP contribution in [0.15, 0.2) is 6.07 Å². The zero-order chi connectivity index (χ0) is 14.5. The van der Waals surface area contributed by atoms with Crippen molar-refractivity contribution in [3.63, 3.8) is 0 Å². The van der Waals surface area contributed by atoms with Crippen LogP contribution in [0.2, 0.25) is 0 Å². The molecule has 0 aromatic carbocycles. The Bertz CT molecular complexity index is 409. The van der Waals surface area contributed by atoms with E-state index in [0.29, 0.717) is 5.92 Å². The number of likely N-dealkylation sites (tertiary alicyclic amines) is 1. The van der Waals surface area contributed by atoms with E-state index < -0.39 is 0 Å². The van der Waals surface area contributed by atoms with Crippen LogP contribution in [-0.4, -0.2) is 47.5 Å².